The first-order valence-corrected chi connectivity index (χ1v) is 5.85. The summed E-state index contributed by atoms with van der Waals surface area (Å²) in [6.07, 6.45) is 1.30. The number of aromatic nitrogens is 1. The van der Waals surface area contributed by atoms with E-state index in [2.05, 4.69) is 15.0 Å². The fraction of sp³-hybridized carbons (Fsp3) is 0.0714. The van der Waals surface area contributed by atoms with Gasteiger partial charge >= 0.3 is 5.97 Å². The maximum absolute atomic E-state index is 13.1. The zero-order chi connectivity index (χ0) is 15.4. The quantitative estimate of drug-likeness (QED) is 0.839. The van der Waals surface area contributed by atoms with Crippen molar-refractivity contribution in [3.05, 3.63) is 47.4 Å². The molecule has 0 saturated heterocycles. The molecule has 7 heteroatoms. The first kappa shape index (κ1) is 14.3. The lowest BCUT2D eigenvalue weighted by Gasteiger charge is -2.10. The van der Waals surface area contributed by atoms with Gasteiger partial charge in [-0.1, -0.05) is 0 Å². The van der Waals surface area contributed by atoms with E-state index in [1.165, 1.54) is 31.5 Å². The number of nitriles is 1. The highest BCUT2D eigenvalue weighted by Crippen LogP contribution is 2.22. The third-order valence-electron chi connectivity index (χ3n) is 2.70. The zero-order valence-corrected chi connectivity index (χ0v) is 11.1. The van der Waals surface area contributed by atoms with Gasteiger partial charge in [0.1, 0.15) is 17.7 Å². The summed E-state index contributed by atoms with van der Waals surface area (Å²) in [7, 11) is 1.24. The normalized spacial score (nSPS) is 9.76. The van der Waals surface area contributed by atoms with Crippen LogP contribution in [0.2, 0.25) is 0 Å². The Labute approximate surface area is 120 Å². The van der Waals surface area contributed by atoms with Crippen LogP contribution in [0.25, 0.3) is 0 Å². The Balaban J connectivity index is 2.37. The van der Waals surface area contributed by atoms with Crippen molar-refractivity contribution in [1.82, 2.24) is 4.98 Å². The van der Waals surface area contributed by atoms with Crippen LogP contribution < -0.4 is 11.1 Å². The zero-order valence-electron chi connectivity index (χ0n) is 11.1. The van der Waals surface area contributed by atoms with Crippen molar-refractivity contribution in [1.29, 1.82) is 5.26 Å². The molecular formula is C14H11FN4O2. The van der Waals surface area contributed by atoms with E-state index in [9.17, 15) is 9.18 Å². The lowest BCUT2D eigenvalue weighted by molar-refractivity contribution is 0.0602. The van der Waals surface area contributed by atoms with Gasteiger partial charge in [-0.25, -0.2) is 14.2 Å². The highest BCUT2D eigenvalue weighted by atomic mass is 19.1. The minimum Gasteiger partial charge on any atom is -0.465 e. The molecule has 1 aromatic heterocycles. The molecule has 1 aromatic carbocycles. The van der Waals surface area contributed by atoms with E-state index in [-0.39, 0.29) is 22.6 Å². The topological polar surface area (TPSA) is 101 Å². The van der Waals surface area contributed by atoms with Gasteiger partial charge in [0.2, 0.25) is 0 Å². The van der Waals surface area contributed by atoms with Crippen molar-refractivity contribution in [2.45, 2.75) is 0 Å². The number of nitrogens with two attached hydrogens (primary N) is 1. The summed E-state index contributed by atoms with van der Waals surface area (Å²) in [5.41, 5.74) is 6.45. The van der Waals surface area contributed by atoms with Crippen molar-refractivity contribution in [2.75, 3.05) is 18.2 Å². The van der Waals surface area contributed by atoms with Crippen LogP contribution in [0.1, 0.15) is 15.9 Å². The van der Waals surface area contributed by atoms with Crippen LogP contribution in [-0.4, -0.2) is 18.1 Å². The fourth-order valence-electron chi connectivity index (χ4n) is 1.68. The molecule has 0 aliphatic heterocycles. The number of hydrogen-bond acceptors (Lipinski definition) is 6. The minimum atomic E-state index is -0.599. The fourth-order valence-corrected chi connectivity index (χ4v) is 1.68. The SMILES string of the molecule is COC(=O)c1cc(Nc2ccc(F)cc2C#N)ncc1N. The molecule has 0 aliphatic carbocycles. The second-order valence-electron chi connectivity index (χ2n) is 4.08. The molecular weight excluding hydrogens is 275 g/mol. The minimum absolute atomic E-state index is 0.119. The summed E-state index contributed by atoms with van der Waals surface area (Å²) in [5, 5.41) is 11.8. The molecule has 0 aliphatic rings. The number of esters is 1. The lowest BCUT2D eigenvalue weighted by atomic mass is 10.2. The van der Waals surface area contributed by atoms with Gasteiger partial charge in [0.15, 0.2) is 0 Å². The standard InChI is InChI=1S/C14H11FN4O2/c1-21-14(20)10-5-13(18-7-11(10)17)19-12-3-2-9(15)4-8(12)6-16/h2-5,7H,17H2,1H3,(H,18,19). The van der Waals surface area contributed by atoms with E-state index >= 15 is 0 Å². The summed E-state index contributed by atoms with van der Waals surface area (Å²) in [4.78, 5) is 15.5. The number of nitrogens with zero attached hydrogens (tertiary/aromatic N) is 2. The van der Waals surface area contributed by atoms with Crippen LogP contribution in [0.15, 0.2) is 30.5 Å². The molecule has 0 bridgehead atoms. The van der Waals surface area contributed by atoms with Gasteiger partial charge in [-0.05, 0) is 24.3 Å². The number of carbonyl (C=O) groups excluding carboxylic acids is 1. The number of halogens is 1. The molecule has 21 heavy (non-hydrogen) atoms. The van der Waals surface area contributed by atoms with Gasteiger partial charge in [-0.3, -0.25) is 0 Å². The van der Waals surface area contributed by atoms with Crippen LogP contribution in [-0.2, 0) is 4.74 Å². The second-order valence-corrected chi connectivity index (χ2v) is 4.08. The number of anilines is 3. The average molecular weight is 286 g/mol. The van der Waals surface area contributed by atoms with Crippen molar-refractivity contribution in [2.24, 2.45) is 0 Å². The van der Waals surface area contributed by atoms with Crippen molar-refractivity contribution in [3.8, 4) is 6.07 Å². The van der Waals surface area contributed by atoms with E-state index in [1.54, 1.807) is 0 Å². The first-order valence-electron chi connectivity index (χ1n) is 5.85. The molecule has 106 valence electrons. The number of pyridine rings is 1. The number of ether oxygens (including phenoxy) is 1. The van der Waals surface area contributed by atoms with Crippen LogP contribution in [0.3, 0.4) is 0 Å². The third-order valence-corrected chi connectivity index (χ3v) is 2.70. The molecule has 0 amide bonds. The van der Waals surface area contributed by atoms with Crippen molar-refractivity contribution < 1.29 is 13.9 Å². The van der Waals surface area contributed by atoms with E-state index in [4.69, 9.17) is 11.0 Å². The Bertz CT molecular complexity index is 740. The van der Waals surface area contributed by atoms with Gasteiger partial charge in [-0.15, -0.1) is 0 Å². The summed E-state index contributed by atoms with van der Waals surface area (Å²) < 4.78 is 17.7. The molecule has 0 fully saturated rings. The van der Waals surface area contributed by atoms with Crippen LogP contribution in [0, 0.1) is 17.1 Å². The number of nitrogen functional groups attached to an aromatic ring is 1. The highest BCUT2D eigenvalue weighted by molar-refractivity contribution is 5.95. The molecule has 0 atom stereocenters. The Morgan fingerprint density at radius 2 is 2.24 bits per heavy atom. The lowest BCUT2D eigenvalue weighted by Crippen LogP contribution is -2.07. The number of hydrogen-bond donors (Lipinski definition) is 2. The summed E-state index contributed by atoms with van der Waals surface area (Å²) >= 11 is 0. The molecule has 2 aromatic rings. The predicted octanol–water partition coefficient (Wildman–Crippen LogP) is 2.20. The van der Waals surface area contributed by atoms with Gasteiger partial charge < -0.3 is 15.8 Å². The third kappa shape index (κ3) is 3.06. The number of rotatable bonds is 3. The Morgan fingerprint density at radius 1 is 1.48 bits per heavy atom. The number of carbonyl (C=O) groups is 1. The van der Waals surface area contributed by atoms with E-state index < -0.39 is 11.8 Å². The predicted molar refractivity (Wildman–Crippen MR) is 74.4 cm³/mol. The molecule has 3 N–H and O–H groups in total. The van der Waals surface area contributed by atoms with Crippen molar-refractivity contribution >= 4 is 23.2 Å². The first-order chi connectivity index (χ1) is 10.0. The molecule has 0 unspecified atom stereocenters. The average Bonchev–Trinajstić information content (AvgIpc) is 2.50. The van der Waals surface area contributed by atoms with Crippen LogP contribution >= 0.6 is 0 Å². The maximum atomic E-state index is 13.1. The molecule has 2 rings (SSSR count). The largest absolute Gasteiger partial charge is 0.465 e. The number of nitrogens with one attached hydrogen (secondary N) is 1. The maximum Gasteiger partial charge on any atom is 0.340 e. The van der Waals surface area contributed by atoms with Gasteiger partial charge in [-0.2, -0.15) is 5.26 Å². The highest BCUT2D eigenvalue weighted by Gasteiger charge is 2.12. The van der Waals surface area contributed by atoms with E-state index in [1.807, 2.05) is 6.07 Å². The molecule has 0 radical (unpaired) electrons. The van der Waals surface area contributed by atoms with Crippen molar-refractivity contribution in [3.63, 3.8) is 0 Å². The van der Waals surface area contributed by atoms with E-state index in [0.717, 1.165) is 6.07 Å². The monoisotopic (exact) mass is 286 g/mol. The Hall–Kier alpha value is -3.14. The smallest absolute Gasteiger partial charge is 0.340 e. The van der Waals surface area contributed by atoms with Gasteiger partial charge in [0.05, 0.1) is 35.8 Å². The molecule has 1 heterocycles. The van der Waals surface area contributed by atoms with Crippen LogP contribution in [0.5, 0.6) is 0 Å². The Kier molecular flexibility index (Phi) is 4.00. The second kappa shape index (κ2) is 5.88. The summed E-state index contributed by atoms with van der Waals surface area (Å²) in [6, 6.07) is 6.98. The van der Waals surface area contributed by atoms with Crippen LogP contribution in [0.4, 0.5) is 21.6 Å². The van der Waals surface area contributed by atoms with E-state index in [0.29, 0.717) is 5.69 Å². The number of benzene rings is 1. The van der Waals surface area contributed by atoms with Gasteiger partial charge in [0.25, 0.3) is 0 Å². The van der Waals surface area contributed by atoms with Gasteiger partial charge in [0, 0.05) is 0 Å². The number of methoxy groups -OCH3 is 1. The Morgan fingerprint density at radius 3 is 2.90 bits per heavy atom. The summed E-state index contributed by atoms with van der Waals surface area (Å²) in [6.45, 7) is 0. The molecule has 0 saturated carbocycles. The molecule has 6 nitrogen and oxygen atoms in total. The molecule has 0 spiro atoms. The summed E-state index contributed by atoms with van der Waals surface area (Å²) in [5.74, 6) is -0.831.